The zero-order valence-corrected chi connectivity index (χ0v) is 8.03. The van der Waals surface area contributed by atoms with E-state index in [0.717, 1.165) is 11.3 Å². The lowest BCUT2D eigenvalue weighted by Gasteiger charge is -2.08. The second-order valence-electron chi connectivity index (χ2n) is 3.32. The maximum Gasteiger partial charge on any atom is 0.161 e. The number of carbonyl (C=O) groups is 1. The molecule has 0 amide bonds. The molecular formula is C11H12O3. The molecule has 0 N–H and O–H groups in total. The Hall–Kier alpha value is -1.35. The molecular weight excluding hydrogens is 180 g/mol. The molecule has 1 heterocycles. The molecule has 0 spiro atoms. The first-order valence-electron chi connectivity index (χ1n) is 4.57. The minimum absolute atomic E-state index is 0.0617. The fourth-order valence-electron chi connectivity index (χ4n) is 1.55. The average Bonchev–Trinajstić information content (AvgIpc) is 2.65. The van der Waals surface area contributed by atoms with Crippen molar-refractivity contribution in [3.05, 3.63) is 29.8 Å². The standard InChI is InChI=1S/C11H12O3/c1-13-10-4-2-8(3-5-10)11-6-9(12)7-14-11/h2-5,11H,6-7H2,1H3. The van der Waals surface area contributed by atoms with Gasteiger partial charge in [-0.2, -0.15) is 0 Å². The summed E-state index contributed by atoms with van der Waals surface area (Å²) in [5.74, 6) is 0.990. The Labute approximate surface area is 82.6 Å². The van der Waals surface area contributed by atoms with Gasteiger partial charge in [0.2, 0.25) is 0 Å². The molecule has 0 aliphatic carbocycles. The highest BCUT2D eigenvalue weighted by molar-refractivity contribution is 5.82. The molecule has 74 valence electrons. The van der Waals surface area contributed by atoms with Gasteiger partial charge >= 0.3 is 0 Å². The highest BCUT2D eigenvalue weighted by Gasteiger charge is 2.23. The molecule has 1 fully saturated rings. The maximum atomic E-state index is 11.0. The molecule has 0 saturated carbocycles. The van der Waals surface area contributed by atoms with Crippen molar-refractivity contribution in [3.63, 3.8) is 0 Å². The minimum atomic E-state index is -0.0617. The highest BCUT2D eigenvalue weighted by Crippen LogP contribution is 2.27. The second kappa shape index (κ2) is 3.80. The molecule has 14 heavy (non-hydrogen) atoms. The van der Waals surface area contributed by atoms with Crippen molar-refractivity contribution in [2.45, 2.75) is 12.5 Å². The van der Waals surface area contributed by atoms with Gasteiger partial charge in [-0.05, 0) is 17.7 Å². The van der Waals surface area contributed by atoms with E-state index < -0.39 is 0 Å². The number of hydrogen-bond donors (Lipinski definition) is 0. The number of ketones is 1. The molecule has 1 aromatic rings. The summed E-state index contributed by atoms with van der Waals surface area (Å²) in [5.41, 5.74) is 1.04. The molecule has 3 nitrogen and oxygen atoms in total. The molecule has 0 bridgehead atoms. The molecule has 1 atom stereocenters. The summed E-state index contributed by atoms with van der Waals surface area (Å²) in [6, 6.07) is 7.62. The van der Waals surface area contributed by atoms with Crippen molar-refractivity contribution >= 4 is 5.78 Å². The summed E-state index contributed by atoms with van der Waals surface area (Å²) in [5, 5.41) is 0. The van der Waals surface area contributed by atoms with Gasteiger partial charge in [-0.3, -0.25) is 4.79 Å². The second-order valence-corrected chi connectivity index (χ2v) is 3.32. The number of ether oxygens (including phenoxy) is 2. The third-order valence-corrected chi connectivity index (χ3v) is 2.35. The van der Waals surface area contributed by atoms with Gasteiger partial charge in [-0.15, -0.1) is 0 Å². The van der Waals surface area contributed by atoms with Crippen LogP contribution in [0.2, 0.25) is 0 Å². The van der Waals surface area contributed by atoms with Gasteiger partial charge in [0, 0.05) is 6.42 Å². The summed E-state index contributed by atoms with van der Waals surface area (Å²) in [7, 11) is 1.63. The predicted octanol–water partition coefficient (Wildman–Crippen LogP) is 1.73. The number of benzene rings is 1. The van der Waals surface area contributed by atoms with Crippen LogP contribution < -0.4 is 4.74 Å². The van der Waals surface area contributed by atoms with Crippen molar-refractivity contribution in [2.24, 2.45) is 0 Å². The third-order valence-electron chi connectivity index (χ3n) is 2.35. The van der Waals surface area contributed by atoms with Gasteiger partial charge < -0.3 is 9.47 Å². The smallest absolute Gasteiger partial charge is 0.161 e. The molecule has 0 radical (unpaired) electrons. The van der Waals surface area contributed by atoms with Gasteiger partial charge in [0.25, 0.3) is 0 Å². The van der Waals surface area contributed by atoms with Crippen LogP contribution in [0.4, 0.5) is 0 Å². The quantitative estimate of drug-likeness (QED) is 0.715. The molecule has 1 unspecified atom stereocenters. The van der Waals surface area contributed by atoms with E-state index in [2.05, 4.69) is 0 Å². The summed E-state index contributed by atoms with van der Waals surface area (Å²) < 4.78 is 10.4. The molecule has 3 heteroatoms. The van der Waals surface area contributed by atoms with Gasteiger partial charge in [-0.1, -0.05) is 12.1 Å². The molecule has 2 rings (SSSR count). The predicted molar refractivity (Wildman–Crippen MR) is 51.3 cm³/mol. The first kappa shape index (κ1) is 9.21. The fourth-order valence-corrected chi connectivity index (χ4v) is 1.55. The van der Waals surface area contributed by atoms with Crippen LogP contribution >= 0.6 is 0 Å². The van der Waals surface area contributed by atoms with Crippen LogP contribution in [0.25, 0.3) is 0 Å². The van der Waals surface area contributed by atoms with Gasteiger partial charge in [-0.25, -0.2) is 0 Å². The maximum absolute atomic E-state index is 11.0. The number of carbonyl (C=O) groups excluding carboxylic acids is 1. The zero-order valence-electron chi connectivity index (χ0n) is 8.03. The van der Waals surface area contributed by atoms with Crippen molar-refractivity contribution in [3.8, 4) is 5.75 Å². The van der Waals surface area contributed by atoms with Crippen molar-refractivity contribution in [1.29, 1.82) is 0 Å². The summed E-state index contributed by atoms with van der Waals surface area (Å²) in [6.45, 7) is 0.247. The topological polar surface area (TPSA) is 35.5 Å². The van der Waals surface area contributed by atoms with Crippen LogP contribution in [0.1, 0.15) is 18.1 Å². The van der Waals surface area contributed by atoms with Crippen LogP contribution in [0.5, 0.6) is 5.75 Å². The van der Waals surface area contributed by atoms with E-state index >= 15 is 0 Å². The number of hydrogen-bond acceptors (Lipinski definition) is 3. The Morgan fingerprint density at radius 3 is 2.57 bits per heavy atom. The number of rotatable bonds is 2. The summed E-state index contributed by atoms with van der Waals surface area (Å²) >= 11 is 0. The molecule has 1 saturated heterocycles. The van der Waals surface area contributed by atoms with E-state index in [1.54, 1.807) is 7.11 Å². The number of methoxy groups -OCH3 is 1. The van der Waals surface area contributed by atoms with Crippen LogP contribution in [-0.2, 0) is 9.53 Å². The minimum Gasteiger partial charge on any atom is -0.497 e. The first-order chi connectivity index (χ1) is 6.79. The van der Waals surface area contributed by atoms with Crippen LogP contribution in [0.15, 0.2) is 24.3 Å². The van der Waals surface area contributed by atoms with Gasteiger partial charge in [0.1, 0.15) is 12.4 Å². The van der Waals surface area contributed by atoms with Crippen LogP contribution in [-0.4, -0.2) is 19.5 Å². The Morgan fingerprint density at radius 2 is 2.07 bits per heavy atom. The van der Waals surface area contributed by atoms with E-state index in [1.165, 1.54) is 0 Å². The zero-order chi connectivity index (χ0) is 9.97. The lowest BCUT2D eigenvalue weighted by Crippen LogP contribution is -1.95. The molecule has 0 aromatic heterocycles. The summed E-state index contributed by atoms with van der Waals surface area (Å²) in [6.07, 6.45) is 0.431. The number of Topliss-reactive ketones (excluding diaryl/α,β-unsaturated/α-hetero) is 1. The van der Waals surface area contributed by atoms with Gasteiger partial charge in [0.15, 0.2) is 5.78 Å². The Morgan fingerprint density at radius 1 is 1.36 bits per heavy atom. The Kier molecular flexibility index (Phi) is 2.50. The van der Waals surface area contributed by atoms with Crippen molar-refractivity contribution in [2.75, 3.05) is 13.7 Å². The van der Waals surface area contributed by atoms with E-state index in [0.29, 0.717) is 6.42 Å². The van der Waals surface area contributed by atoms with Crippen molar-refractivity contribution < 1.29 is 14.3 Å². The van der Waals surface area contributed by atoms with E-state index in [9.17, 15) is 4.79 Å². The van der Waals surface area contributed by atoms with Crippen molar-refractivity contribution in [1.82, 2.24) is 0 Å². The van der Waals surface area contributed by atoms with Crippen LogP contribution in [0, 0.1) is 0 Å². The highest BCUT2D eigenvalue weighted by atomic mass is 16.5. The monoisotopic (exact) mass is 192 g/mol. The average molecular weight is 192 g/mol. The van der Waals surface area contributed by atoms with Gasteiger partial charge in [0.05, 0.1) is 13.2 Å². The lowest BCUT2D eigenvalue weighted by molar-refractivity contribution is -0.117. The third kappa shape index (κ3) is 1.77. The lowest BCUT2D eigenvalue weighted by atomic mass is 10.1. The first-order valence-corrected chi connectivity index (χ1v) is 4.57. The Bertz CT molecular complexity index is 329. The van der Waals surface area contributed by atoms with E-state index in [4.69, 9.17) is 9.47 Å². The van der Waals surface area contributed by atoms with Crippen LogP contribution in [0.3, 0.4) is 0 Å². The normalized spacial score (nSPS) is 21.2. The summed E-state index contributed by atoms with van der Waals surface area (Å²) in [4.78, 5) is 11.0. The molecule has 1 aliphatic heterocycles. The fraction of sp³-hybridized carbons (Fsp3) is 0.364. The Balaban J connectivity index is 2.13. The SMILES string of the molecule is COc1ccc(C2CC(=O)CO2)cc1. The molecule has 1 aliphatic rings. The van der Waals surface area contributed by atoms with E-state index in [1.807, 2.05) is 24.3 Å². The largest absolute Gasteiger partial charge is 0.497 e. The van der Waals surface area contributed by atoms with E-state index in [-0.39, 0.29) is 18.5 Å². The molecule has 1 aromatic carbocycles.